The lowest BCUT2D eigenvalue weighted by molar-refractivity contribution is -0.158. The van der Waals surface area contributed by atoms with Crippen molar-refractivity contribution in [3.8, 4) is 0 Å². The molecule has 3 rings (SSSR count). The van der Waals surface area contributed by atoms with Crippen LogP contribution in [0.1, 0.15) is 32.4 Å². The van der Waals surface area contributed by atoms with Crippen LogP contribution in [0.25, 0.3) is 0 Å². The van der Waals surface area contributed by atoms with Crippen molar-refractivity contribution in [3.63, 3.8) is 0 Å². The summed E-state index contributed by atoms with van der Waals surface area (Å²) in [6, 6.07) is -0.955. The molecule has 2 atom stereocenters. The first-order valence-corrected chi connectivity index (χ1v) is 13.5. The first kappa shape index (κ1) is 29.2. The molecule has 0 saturated carbocycles. The Kier molecular flexibility index (Phi) is 10.3. The SMILES string of the molecule is CCC(CC)OC(=O)OCOC(=O)C1=C(COC)CS[C@@H]2[C@H](NC(=O)/C(=N\OC)c3csc(N)n3)C(=O)N12. The molecular weight excluding hydrogens is 542 g/mol. The van der Waals surface area contributed by atoms with Crippen molar-refractivity contribution in [2.75, 3.05) is 39.1 Å². The number of aromatic nitrogens is 1. The predicted molar refractivity (Wildman–Crippen MR) is 137 cm³/mol. The van der Waals surface area contributed by atoms with Gasteiger partial charge in [0.1, 0.15) is 36.0 Å². The second-order valence-corrected chi connectivity index (χ2v) is 9.93. The Hall–Kier alpha value is -3.37. The fourth-order valence-electron chi connectivity index (χ4n) is 3.68. The summed E-state index contributed by atoms with van der Waals surface area (Å²) in [5.41, 5.74) is 6.18. The molecule has 0 radical (unpaired) electrons. The van der Waals surface area contributed by atoms with Gasteiger partial charge in [0.15, 0.2) is 10.8 Å². The summed E-state index contributed by atoms with van der Waals surface area (Å²) in [7, 11) is 2.72. The molecular formula is C22H29N5O9S2. The van der Waals surface area contributed by atoms with Gasteiger partial charge in [-0.1, -0.05) is 19.0 Å². The number of nitrogens with two attached hydrogens (primary N) is 1. The Morgan fingerprint density at radius 1 is 1.26 bits per heavy atom. The Morgan fingerprint density at radius 3 is 2.61 bits per heavy atom. The third-order valence-corrected chi connectivity index (χ3v) is 7.56. The number of thioether (sulfide) groups is 1. The van der Waals surface area contributed by atoms with Crippen molar-refractivity contribution in [2.45, 2.75) is 44.2 Å². The maximum absolute atomic E-state index is 13.1. The summed E-state index contributed by atoms with van der Waals surface area (Å²) >= 11 is 2.45. The highest BCUT2D eigenvalue weighted by Gasteiger charge is 2.54. The van der Waals surface area contributed by atoms with Gasteiger partial charge in [0.25, 0.3) is 11.8 Å². The van der Waals surface area contributed by atoms with Crippen LogP contribution < -0.4 is 11.1 Å². The van der Waals surface area contributed by atoms with Crippen molar-refractivity contribution >= 4 is 57.9 Å². The van der Waals surface area contributed by atoms with E-state index in [1.807, 2.05) is 13.8 Å². The summed E-state index contributed by atoms with van der Waals surface area (Å²) in [4.78, 5) is 60.8. The Morgan fingerprint density at radius 2 is 2.00 bits per heavy atom. The van der Waals surface area contributed by atoms with E-state index in [9.17, 15) is 19.2 Å². The number of amides is 2. The second kappa shape index (κ2) is 13.4. The van der Waals surface area contributed by atoms with Crippen LogP contribution in [0.4, 0.5) is 9.93 Å². The van der Waals surface area contributed by atoms with Crippen LogP contribution in [0.5, 0.6) is 0 Å². The van der Waals surface area contributed by atoms with Crippen molar-refractivity contribution < 1.29 is 43.0 Å². The van der Waals surface area contributed by atoms with Crippen LogP contribution in [0.15, 0.2) is 21.8 Å². The molecule has 38 heavy (non-hydrogen) atoms. The highest BCUT2D eigenvalue weighted by Crippen LogP contribution is 2.40. The van der Waals surface area contributed by atoms with Gasteiger partial charge in [-0.15, -0.1) is 23.1 Å². The molecule has 16 heteroatoms. The molecule has 0 bridgehead atoms. The van der Waals surface area contributed by atoms with E-state index in [4.69, 9.17) is 29.5 Å². The van der Waals surface area contributed by atoms with E-state index in [1.165, 1.54) is 36.3 Å². The largest absolute Gasteiger partial charge is 0.511 e. The van der Waals surface area contributed by atoms with Crippen LogP contribution in [-0.2, 0) is 38.2 Å². The summed E-state index contributed by atoms with van der Waals surface area (Å²) < 4.78 is 20.2. The van der Waals surface area contributed by atoms with Crippen molar-refractivity contribution in [3.05, 3.63) is 22.3 Å². The fourth-order valence-corrected chi connectivity index (χ4v) is 5.56. The Labute approximate surface area is 226 Å². The Balaban J connectivity index is 1.67. The number of carbonyl (C=O) groups is 4. The van der Waals surface area contributed by atoms with Crippen LogP contribution in [0.2, 0.25) is 0 Å². The molecule has 2 amide bonds. The highest BCUT2D eigenvalue weighted by atomic mass is 32.2. The minimum Gasteiger partial charge on any atom is -0.431 e. The van der Waals surface area contributed by atoms with Gasteiger partial charge in [-0.05, 0) is 18.4 Å². The molecule has 0 unspecified atom stereocenters. The maximum atomic E-state index is 13.1. The van der Waals surface area contributed by atoms with Crippen LogP contribution in [0, 0.1) is 0 Å². The number of nitrogen functional groups attached to an aromatic ring is 1. The molecule has 1 aromatic rings. The van der Waals surface area contributed by atoms with Gasteiger partial charge in [-0.3, -0.25) is 14.5 Å². The fraction of sp³-hybridized carbons (Fsp3) is 0.545. The van der Waals surface area contributed by atoms with Crippen LogP contribution in [-0.4, -0.2) is 90.4 Å². The minimum atomic E-state index is -0.965. The van der Waals surface area contributed by atoms with Gasteiger partial charge < -0.3 is 34.8 Å². The number of hydrogen-bond acceptors (Lipinski definition) is 14. The smallest absolute Gasteiger partial charge is 0.431 e. The summed E-state index contributed by atoms with van der Waals surface area (Å²) in [5.74, 6) is -1.79. The van der Waals surface area contributed by atoms with Gasteiger partial charge in [0.2, 0.25) is 6.79 Å². The standard InChI is InChI=1S/C22H29N5O9S2/c1-5-12(6-2)36-22(31)35-10-34-20(30)16-11(7-32-3)8-37-19-15(18(29)27(16)19)25-17(28)14(26-33-4)13-9-38-21(23)24-13/h9,12,15,19H,5-8,10H2,1-4H3,(H2,23,24)(H,25,28)/b26-14-/t15-,19-/m1/s1. The lowest BCUT2D eigenvalue weighted by Gasteiger charge is -2.49. The van der Waals surface area contributed by atoms with Crippen molar-refractivity contribution in [2.24, 2.45) is 5.16 Å². The third-order valence-electron chi connectivity index (χ3n) is 5.55. The molecule has 0 spiro atoms. The normalized spacial score (nSPS) is 19.0. The number of rotatable bonds is 12. The van der Waals surface area contributed by atoms with Crippen molar-refractivity contribution in [1.29, 1.82) is 0 Å². The van der Waals surface area contributed by atoms with Gasteiger partial charge in [-0.25, -0.2) is 14.6 Å². The van der Waals surface area contributed by atoms with E-state index in [0.717, 1.165) is 11.3 Å². The second-order valence-electron chi connectivity index (χ2n) is 7.94. The quantitative estimate of drug-likeness (QED) is 0.121. The topological polar surface area (TPSA) is 181 Å². The number of oxime groups is 1. The van der Waals surface area contributed by atoms with E-state index in [0.29, 0.717) is 24.2 Å². The summed E-state index contributed by atoms with van der Waals surface area (Å²) in [6.07, 6.45) is -0.0434. The zero-order chi connectivity index (χ0) is 27.8. The molecule has 3 N–H and O–H groups in total. The number of hydrogen-bond donors (Lipinski definition) is 2. The van der Waals surface area contributed by atoms with E-state index < -0.39 is 42.1 Å². The highest BCUT2D eigenvalue weighted by molar-refractivity contribution is 8.00. The number of fused-ring (bicyclic) bond motifs is 1. The molecule has 2 aliphatic rings. The molecule has 3 heterocycles. The number of β-lactam (4-membered cyclic amide) rings is 1. The zero-order valence-corrected chi connectivity index (χ0v) is 22.9. The van der Waals surface area contributed by atoms with E-state index in [-0.39, 0.29) is 34.9 Å². The van der Waals surface area contributed by atoms with Gasteiger partial charge in [0.05, 0.1) is 6.61 Å². The minimum absolute atomic E-state index is 0.0267. The lowest BCUT2D eigenvalue weighted by atomic mass is 10.0. The number of anilines is 1. The van der Waals surface area contributed by atoms with Crippen molar-refractivity contribution in [1.82, 2.24) is 15.2 Å². The van der Waals surface area contributed by atoms with E-state index >= 15 is 0 Å². The zero-order valence-electron chi connectivity index (χ0n) is 21.3. The molecule has 0 aromatic carbocycles. The average molecular weight is 572 g/mol. The first-order chi connectivity index (χ1) is 18.2. The summed E-state index contributed by atoms with van der Waals surface area (Å²) in [6.45, 7) is 3.10. The molecule has 1 fully saturated rings. The number of nitrogens with one attached hydrogen (secondary N) is 1. The molecule has 1 aromatic heterocycles. The number of ether oxygens (including phenoxy) is 4. The number of thiazole rings is 1. The monoisotopic (exact) mass is 571 g/mol. The number of esters is 1. The predicted octanol–water partition coefficient (Wildman–Crippen LogP) is 1.22. The number of carbonyl (C=O) groups excluding carboxylic acids is 4. The van der Waals surface area contributed by atoms with Crippen LogP contribution in [0.3, 0.4) is 0 Å². The average Bonchev–Trinajstić information content (AvgIpc) is 3.34. The van der Waals surface area contributed by atoms with Gasteiger partial charge >= 0.3 is 12.1 Å². The molecule has 14 nitrogen and oxygen atoms in total. The van der Waals surface area contributed by atoms with Crippen LogP contribution >= 0.6 is 23.1 Å². The number of methoxy groups -OCH3 is 1. The number of nitrogens with zero attached hydrogens (tertiary/aromatic N) is 3. The maximum Gasteiger partial charge on any atom is 0.511 e. The van der Waals surface area contributed by atoms with E-state index in [1.54, 1.807) is 0 Å². The molecule has 2 aliphatic heterocycles. The molecule has 0 aliphatic carbocycles. The molecule has 208 valence electrons. The first-order valence-electron chi connectivity index (χ1n) is 11.5. The third kappa shape index (κ3) is 6.54. The van der Waals surface area contributed by atoms with E-state index in [2.05, 4.69) is 15.5 Å². The lowest BCUT2D eigenvalue weighted by Crippen LogP contribution is -2.71. The molecule has 1 saturated heterocycles. The van der Waals surface area contributed by atoms with Gasteiger partial charge in [-0.2, -0.15) is 0 Å². The summed E-state index contributed by atoms with van der Waals surface area (Å²) in [5, 5.41) is 7.51. The van der Waals surface area contributed by atoms with Gasteiger partial charge in [0, 0.05) is 18.2 Å². The Bertz CT molecular complexity index is 1120.